The Bertz CT molecular complexity index is 420. The normalized spacial score (nSPS) is 12.8. The highest BCUT2D eigenvalue weighted by molar-refractivity contribution is 5.45. The largest absolute Gasteiger partial charge is 0.508 e. The molecule has 0 saturated carbocycles. The Morgan fingerprint density at radius 1 is 1.00 bits per heavy atom. The van der Waals surface area contributed by atoms with Crippen molar-refractivity contribution in [1.82, 2.24) is 0 Å². The number of hydrogen-bond donors (Lipinski definition) is 2. The molecule has 1 rings (SSSR count). The van der Waals surface area contributed by atoms with E-state index >= 15 is 0 Å². The maximum absolute atomic E-state index is 9.89. The summed E-state index contributed by atoms with van der Waals surface area (Å²) in [6.45, 7) is 12.8. The van der Waals surface area contributed by atoms with Crippen LogP contribution in [0.5, 0.6) is 5.75 Å². The molecule has 0 saturated heterocycles. The summed E-state index contributed by atoms with van der Waals surface area (Å²) in [5.41, 5.74) is 3.10. The zero-order valence-corrected chi connectivity index (χ0v) is 12.5. The van der Waals surface area contributed by atoms with Gasteiger partial charge in [-0.1, -0.05) is 41.5 Å². The van der Waals surface area contributed by atoms with Gasteiger partial charge in [0, 0.05) is 0 Å². The van der Waals surface area contributed by atoms with Crippen LogP contribution in [0.25, 0.3) is 0 Å². The monoisotopic (exact) mass is 250 g/mol. The lowest BCUT2D eigenvalue weighted by Crippen LogP contribution is -2.18. The van der Waals surface area contributed by atoms with Gasteiger partial charge >= 0.3 is 0 Å². The Labute approximate surface area is 111 Å². The van der Waals surface area contributed by atoms with Gasteiger partial charge in [0.2, 0.25) is 0 Å². The minimum absolute atomic E-state index is 0.0261. The number of benzene rings is 1. The zero-order valence-electron chi connectivity index (χ0n) is 12.5. The smallest absolute Gasteiger partial charge is 0.116 e. The average Bonchev–Trinajstić information content (AvgIpc) is 2.12. The van der Waals surface area contributed by atoms with Crippen molar-refractivity contribution in [3.63, 3.8) is 0 Å². The highest BCUT2D eigenvalue weighted by Crippen LogP contribution is 2.34. The van der Waals surface area contributed by atoms with Crippen molar-refractivity contribution < 1.29 is 10.2 Å². The first-order chi connectivity index (χ1) is 8.04. The molecule has 0 aromatic heterocycles. The molecule has 0 unspecified atom stereocenters. The van der Waals surface area contributed by atoms with E-state index in [2.05, 4.69) is 41.5 Å². The third-order valence-electron chi connectivity index (χ3n) is 3.01. The molecule has 0 spiro atoms. The highest BCUT2D eigenvalue weighted by atomic mass is 16.3. The Balaban J connectivity index is 3.39. The fourth-order valence-electron chi connectivity index (χ4n) is 2.30. The van der Waals surface area contributed by atoms with E-state index in [0.717, 1.165) is 23.1 Å². The second kappa shape index (κ2) is 4.93. The van der Waals surface area contributed by atoms with Gasteiger partial charge in [0.05, 0.1) is 6.61 Å². The number of aromatic hydroxyl groups is 1. The summed E-state index contributed by atoms with van der Waals surface area (Å²) in [6.07, 6.45) is 0.848. The molecular weight excluding hydrogens is 224 g/mol. The molecule has 0 atom stereocenters. The molecule has 0 aliphatic heterocycles. The predicted molar refractivity (Wildman–Crippen MR) is 75.9 cm³/mol. The van der Waals surface area contributed by atoms with Crippen molar-refractivity contribution in [3.05, 3.63) is 28.8 Å². The van der Waals surface area contributed by atoms with Gasteiger partial charge in [-0.2, -0.15) is 0 Å². The summed E-state index contributed by atoms with van der Waals surface area (Å²) in [6, 6.07) is 3.56. The quantitative estimate of drug-likeness (QED) is 0.838. The summed E-state index contributed by atoms with van der Waals surface area (Å²) in [5.74, 6) is 0.288. The number of hydrogen-bond acceptors (Lipinski definition) is 2. The summed E-state index contributed by atoms with van der Waals surface area (Å²) in [7, 11) is 0. The maximum Gasteiger partial charge on any atom is 0.116 e. The van der Waals surface area contributed by atoms with Gasteiger partial charge < -0.3 is 10.2 Å². The van der Waals surface area contributed by atoms with E-state index < -0.39 is 0 Å². The zero-order chi connectivity index (χ0) is 14.1. The predicted octanol–water partition coefficient (Wildman–Crippen LogP) is 3.77. The molecule has 102 valence electrons. The minimum atomic E-state index is -0.0799. The standard InChI is InChI=1S/C16H26O2/c1-15(2,3)9-11-7-12(18)8-14(13(11)10-17)16(4,5)6/h7-8,17-18H,9-10H2,1-6H3. The van der Waals surface area contributed by atoms with Crippen molar-refractivity contribution in [2.24, 2.45) is 5.41 Å². The molecule has 0 aliphatic rings. The van der Waals surface area contributed by atoms with Gasteiger partial charge in [-0.3, -0.25) is 0 Å². The van der Waals surface area contributed by atoms with Gasteiger partial charge in [0.15, 0.2) is 0 Å². The first-order valence-corrected chi connectivity index (χ1v) is 6.51. The third kappa shape index (κ3) is 3.74. The summed E-state index contributed by atoms with van der Waals surface area (Å²) in [4.78, 5) is 0. The molecule has 0 amide bonds. The number of aliphatic hydroxyl groups is 1. The lowest BCUT2D eigenvalue weighted by Gasteiger charge is -2.27. The molecule has 0 radical (unpaired) electrons. The van der Waals surface area contributed by atoms with Crippen molar-refractivity contribution >= 4 is 0 Å². The van der Waals surface area contributed by atoms with E-state index in [0.29, 0.717) is 0 Å². The van der Waals surface area contributed by atoms with E-state index in [1.807, 2.05) is 0 Å². The van der Waals surface area contributed by atoms with Crippen molar-refractivity contribution in [3.8, 4) is 5.75 Å². The van der Waals surface area contributed by atoms with Crippen LogP contribution in [0.2, 0.25) is 0 Å². The van der Waals surface area contributed by atoms with Gasteiger partial charge in [0.1, 0.15) is 5.75 Å². The summed E-state index contributed by atoms with van der Waals surface area (Å²) in [5, 5.41) is 19.6. The number of aliphatic hydroxyl groups excluding tert-OH is 1. The van der Waals surface area contributed by atoms with Crippen LogP contribution >= 0.6 is 0 Å². The number of rotatable bonds is 2. The second-order valence-electron chi connectivity index (χ2n) is 7.28. The van der Waals surface area contributed by atoms with Crippen LogP contribution < -0.4 is 0 Å². The maximum atomic E-state index is 9.89. The molecule has 2 heteroatoms. The first kappa shape index (κ1) is 15.0. The Morgan fingerprint density at radius 2 is 1.56 bits per heavy atom. The Kier molecular flexibility index (Phi) is 4.12. The molecule has 1 aromatic carbocycles. The molecule has 0 aliphatic carbocycles. The van der Waals surface area contributed by atoms with Crippen molar-refractivity contribution in [1.29, 1.82) is 0 Å². The first-order valence-electron chi connectivity index (χ1n) is 6.51. The molecule has 2 N–H and O–H groups in total. The lowest BCUT2D eigenvalue weighted by molar-refractivity contribution is 0.275. The van der Waals surface area contributed by atoms with Crippen LogP contribution in [0.4, 0.5) is 0 Å². The molecule has 0 bridgehead atoms. The van der Waals surface area contributed by atoms with E-state index in [-0.39, 0.29) is 23.2 Å². The average molecular weight is 250 g/mol. The van der Waals surface area contributed by atoms with E-state index in [1.165, 1.54) is 0 Å². The van der Waals surface area contributed by atoms with Crippen LogP contribution in [-0.4, -0.2) is 10.2 Å². The number of phenols is 1. The molecule has 0 heterocycles. The topological polar surface area (TPSA) is 40.5 Å². The molecule has 1 aromatic rings. The van der Waals surface area contributed by atoms with Crippen molar-refractivity contribution in [2.45, 2.75) is 60.0 Å². The minimum Gasteiger partial charge on any atom is -0.508 e. The van der Waals surface area contributed by atoms with Crippen LogP contribution in [0.1, 0.15) is 58.2 Å². The van der Waals surface area contributed by atoms with Gasteiger partial charge in [-0.05, 0) is 46.1 Å². The second-order valence-corrected chi connectivity index (χ2v) is 7.28. The van der Waals surface area contributed by atoms with Crippen LogP contribution in [0.3, 0.4) is 0 Å². The molecule has 0 fully saturated rings. The third-order valence-corrected chi connectivity index (χ3v) is 3.01. The molecular formula is C16H26O2. The fraction of sp³-hybridized carbons (Fsp3) is 0.625. The Morgan fingerprint density at radius 3 is 1.94 bits per heavy atom. The van der Waals surface area contributed by atoms with Gasteiger partial charge in [0.25, 0.3) is 0 Å². The molecule has 2 nitrogen and oxygen atoms in total. The van der Waals surface area contributed by atoms with Crippen LogP contribution in [-0.2, 0) is 18.4 Å². The summed E-state index contributed by atoms with van der Waals surface area (Å²) >= 11 is 0. The van der Waals surface area contributed by atoms with E-state index in [1.54, 1.807) is 12.1 Å². The van der Waals surface area contributed by atoms with Crippen LogP contribution in [0, 0.1) is 5.41 Å². The van der Waals surface area contributed by atoms with Crippen molar-refractivity contribution in [2.75, 3.05) is 0 Å². The van der Waals surface area contributed by atoms with E-state index in [4.69, 9.17) is 0 Å². The lowest BCUT2D eigenvalue weighted by atomic mass is 9.79. The van der Waals surface area contributed by atoms with Crippen LogP contribution in [0.15, 0.2) is 12.1 Å². The SMILES string of the molecule is CC(C)(C)Cc1cc(O)cc(C(C)(C)C)c1CO. The van der Waals surface area contributed by atoms with E-state index in [9.17, 15) is 10.2 Å². The van der Waals surface area contributed by atoms with Gasteiger partial charge in [-0.25, -0.2) is 0 Å². The Hall–Kier alpha value is -1.02. The highest BCUT2D eigenvalue weighted by Gasteiger charge is 2.23. The number of phenolic OH excluding ortho intramolecular Hbond substituents is 1. The summed E-state index contributed by atoms with van der Waals surface area (Å²) < 4.78 is 0. The fourth-order valence-corrected chi connectivity index (χ4v) is 2.30. The molecule has 18 heavy (non-hydrogen) atoms. The van der Waals surface area contributed by atoms with Gasteiger partial charge in [-0.15, -0.1) is 0 Å².